The van der Waals surface area contributed by atoms with Crippen LogP contribution in [0.25, 0.3) is 11.0 Å². The first kappa shape index (κ1) is 13.4. The van der Waals surface area contributed by atoms with Crippen molar-refractivity contribution in [2.24, 2.45) is 0 Å². The SMILES string of the molecule is OCC1CCCCN1CCNc1ccc2cc[nH]c2n1. The molecule has 0 bridgehead atoms. The van der Waals surface area contributed by atoms with Crippen LogP contribution in [0.1, 0.15) is 19.3 Å². The average Bonchev–Trinajstić information content (AvgIpc) is 2.95. The zero-order valence-electron chi connectivity index (χ0n) is 11.7. The summed E-state index contributed by atoms with van der Waals surface area (Å²) in [5.74, 6) is 0.900. The van der Waals surface area contributed by atoms with Gasteiger partial charge in [-0.3, -0.25) is 4.90 Å². The number of aliphatic hydroxyl groups excluding tert-OH is 1. The summed E-state index contributed by atoms with van der Waals surface area (Å²) in [5.41, 5.74) is 0.918. The van der Waals surface area contributed by atoms with Crippen molar-refractivity contribution in [3.05, 3.63) is 24.4 Å². The molecule has 0 aromatic carbocycles. The molecule has 0 saturated carbocycles. The van der Waals surface area contributed by atoms with Gasteiger partial charge < -0.3 is 15.4 Å². The summed E-state index contributed by atoms with van der Waals surface area (Å²) in [6.07, 6.45) is 5.49. The molecule has 5 heteroatoms. The quantitative estimate of drug-likeness (QED) is 0.778. The Balaban J connectivity index is 1.53. The molecule has 3 N–H and O–H groups in total. The molecule has 1 aliphatic heterocycles. The van der Waals surface area contributed by atoms with Crippen molar-refractivity contribution in [3.8, 4) is 0 Å². The highest BCUT2D eigenvalue weighted by Gasteiger charge is 2.20. The van der Waals surface area contributed by atoms with Gasteiger partial charge in [-0.25, -0.2) is 4.98 Å². The lowest BCUT2D eigenvalue weighted by Gasteiger charge is -2.34. The number of hydrogen-bond donors (Lipinski definition) is 3. The van der Waals surface area contributed by atoms with Crippen LogP contribution >= 0.6 is 0 Å². The largest absolute Gasteiger partial charge is 0.395 e. The van der Waals surface area contributed by atoms with E-state index in [-0.39, 0.29) is 6.61 Å². The highest BCUT2D eigenvalue weighted by molar-refractivity contribution is 5.77. The number of rotatable bonds is 5. The van der Waals surface area contributed by atoms with Crippen LogP contribution in [0, 0.1) is 0 Å². The van der Waals surface area contributed by atoms with E-state index in [1.165, 1.54) is 12.8 Å². The van der Waals surface area contributed by atoms with E-state index in [1.54, 1.807) is 0 Å². The molecule has 1 fully saturated rings. The topological polar surface area (TPSA) is 64.2 Å². The van der Waals surface area contributed by atoms with Gasteiger partial charge in [-0.1, -0.05) is 6.42 Å². The van der Waals surface area contributed by atoms with Crippen LogP contribution in [-0.4, -0.2) is 52.3 Å². The molecule has 0 amide bonds. The minimum absolute atomic E-state index is 0.271. The maximum atomic E-state index is 9.39. The van der Waals surface area contributed by atoms with E-state index in [2.05, 4.69) is 26.3 Å². The number of aromatic amines is 1. The normalized spacial score (nSPS) is 20.4. The standard InChI is InChI=1S/C15H22N4O/c20-11-13-3-1-2-9-19(13)10-8-16-14-5-4-12-6-7-17-15(12)18-14/h4-7,13,20H,1-3,8-11H2,(H2,16,17,18). The number of likely N-dealkylation sites (tertiary alicyclic amines) is 1. The van der Waals surface area contributed by atoms with Gasteiger partial charge in [0, 0.05) is 30.7 Å². The third-order valence-corrected chi connectivity index (χ3v) is 4.07. The Morgan fingerprint density at radius 3 is 3.20 bits per heavy atom. The van der Waals surface area contributed by atoms with E-state index >= 15 is 0 Å². The molecule has 1 saturated heterocycles. The molecule has 3 rings (SSSR count). The minimum atomic E-state index is 0.271. The summed E-state index contributed by atoms with van der Waals surface area (Å²) in [7, 11) is 0. The Labute approximate surface area is 119 Å². The number of nitrogens with one attached hydrogen (secondary N) is 2. The van der Waals surface area contributed by atoms with Crippen LogP contribution < -0.4 is 5.32 Å². The molecule has 2 aromatic heterocycles. The summed E-state index contributed by atoms with van der Waals surface area (Å²) < 4.78 is 0. The lowest BCUT2D eigenvalue weighted by molar-refractivity contribution is 0.0940. The molecule has 1 aliphatic rings. The summed E-state index contributed by atoms with van der Waals surface area (Å²) >= 11 is 0. The fourth-order valence-corrected chi connectivity index (χ4v) is 2.92. The molecular weight excluding hydrogens is 252 g/mol. The molecular formula is C15H22N4O. The van der Waals surface area contributed by atoms with Crippen molar-refractivity contribution in [1.29, 1.82) is 0 Å². The third-order valence-electron chi connectivity index (χ3n) is 4.07. The summed E-state index contributed by atoms with van der Waals surface area (Å²) in [5, 5.41) is 13.9. The van der Waals surface area contributed by atoms with Crippen LogP contribution in [0.4, 0.5) is 5.82 Å². The third kappa shape index (κ3) is 2.94. The van der Waals surface area contributed by atoms with Crippen molar-refractivity contribution in [1.82, 2.24) is 14.9 Å². The van der Waals surface area contributed by atoms with Crippen molar-refractivity contribution >= 4 is 16.9 Å². The van der Waals surface area contributed by atoms with E-state index in [0.29, 0.717) is 6.04 Å². The Kier molecular flexibility index (Phi) is 4.18. The smallest absolute Gasteiger partial charge is 0.139 e. The number of pyridine rings is 1. The number of fused-ring (bicyclic) bond motifs is 1. The second-order valence-electron chi connectivity index (χ2n) is 5.41. The van der Waals surface area contributed by atoms with Crippen molar-refractivity contribution in [2.45, 2.75) is 25.3 Å². The van der Waals surface area contributed by atoms with E-state index in [9.17, 15) is 5.11 Å². The van der Waals surface area contributed by atoms with Crippen molar-refractivity contribution < 1.29 is 5.11 Å². The molecule has 0 spiro atoms. The summed E-state index contributed by atoms with van der Waals surface area (Å²) in [4.78, 5) is 10.0. The summed E-state index contributed by atoms with van der Waals surface area (Å²) in [6.45, 7) is 3.17. The number of aliphatic hydroxyl groups is 1. The minimum Gasteiger partial charge on any atom is -0.395 e. The lowest BCUT2D eigenvalue weighted by atomic mass is 10.0. The zero-order chi connectivity index (χ0) is 13.8. The molecule has 0 aliphatic carbocycles. The van der Waals surface area contributed by atoms with Gasteiger partial charge in [0.2, 0.25) is 0 Å². The van der Waals surface area contributed by atoms with Gasteiger partial charge in [0.1, 0.15) is 11.5 Å². The van der Waals surface area contributed by atoms with E-state index < -0.39 is 0 Å². The molecule has 20 heavy (non-hydrogen) atoms. The number of anilines is 1. The number of hydrogen-bond acceptors (Lipinski definition) is 4. The zero-order valence-corrected chi connectivity index (χ0v) is 11.7. The van der Waals surface area contributed by atoms with Gasteiger partial charge in [0.15, 0.2) is 0 Å². The van der Waals surface area contributed by atoms with Crippen LogP contribution in [0.3, 0.4) is 0 Å². The maximum Gasteiger partial charge on any atom is 0.139 e. The highest BCUT2D eigenvalue weighted by Crippen LogP contribution is 2.16. The predicted molar refractivity (Wildman–Crippen MR) is 80.9 cm³/mol. The Morgan fingerprint density at radius 1 is 1.35 bits per heavy atom. The fraction of sp³-hybridized carbons (Fsp3) is 0.533. The van der Waals surface area contributed by atoms with Gasteiger partial charge >= 0.3 is 0 Å². The van der Waals surface area contributed by atoms with Crippen LogP contribution in [-0.2, 0) is 0 Å². The van der Waals surface area contributed by atoms with Crippen molar-refractivity contribution in [2.75, 3.05) is 31.6 Å². The second kappa shape index (κ2) is 6.24. The first-order valence-electron chi connectivity index (χ1n) is 7.40. The average molecular weight is 274 g/mol. The number of piperidine rings is 1. The van der Waals surface area contributed by atoms with Gasteiger partial charge in [-0.2, -0.15) is 0 Å². The lowest BCUT2D eigenvalue weighted by Crippen LogP contribution is -2.44. The molecule has 0 radical (unpaired) electrons. The maximum absolute atomic E-state index is 9.39. The van der Waals surface area contributed by atoms with Gasteiger partial charge in [0.05, 0.1) is 6.61 Å². The summed E-state index contributed by atoms with van der Waals surface area (Å²) in [6, 6.07) is 6.43. The Hall–Kier alpha value is -1.59. The van der Waals surface area contributed by atoms with E-state index in [1.807, 2.05) is 18.3 Å². The van der Waals surface area contributed by atoms with Crippen LogP contribution in [0.5, 0.6) is 0 Å². The van der Waals surface area contributed by atoms with Gasteiger partial charge in [-0.05, 0) is 37.6 Å². The van der Waals surface area contributed by atoms with Gasteiger partial charge in [-0.15, -0.1) is 0 Å². The van der Waals surface area contributed by atoms with E-state index in [0.717, 1.165) is 42.9 Å². The molecule has 1 unspecified atom stereocenters. The molecule has 3 heterocycles. The predicted octanol–water partition coefficient (Wildman–Crippen LogP) is 1.82. The molecule has 108 valence electrons. The molecule has 1 atom stereocenters. The van der Waals surface area contributed by atoms with E-state index in [4.69, 9.17) is 0 Å². The Morgan fingerprint density at radius 2 is 2.30 bits per heavy atom. The fourth-order valence-electron chi connectivity index (χ4n) is 2.92. The number of nitrogens with zero attached hydrogens (tertiary/aromatic N) is 2. The Bertz CT molecular complexity index is 554. The highest BCUT2D eigenvalue weighted by atomic mass is 16.3. The van der Waals surface area contributed by atoms with Crippen LogP contribution in [0.15, 0.2) is 24.4 Å². The second-order valence-corrected chi connectivity index (χ2v) is 5.41. The number of H-pyrrole nitrogens is 1. The molecule has 2 aromatic rings. The van der Waals surface area contributed by atoms with Crippen LogP contribution in [0.2, 0.25) is 0 Å². The van der Waals surface area contributed by atoms with Crippen molar-refractivity contribution in [3.63, 3.8) is 0 Å². The number of aromatic nitrogens is 2. The first-order chi connectivity index (χ1) is 9.86. The van der Waals surface area contributed by atoms with Gasteiger partial charge in [0.25, 0.3) is 0 Å². The first-order valence-corrected chi connectivity index (χ1v) is 7.40. The molecule has 5 nitrogen and oxygen atoms in total. The monoisotopic (exact) mass is 274 g/mol.